The SMILES string of the molecule is Cc1nc(NCCNC(=O)c2ccc(F)c(F)c2F)cc(N2CCCC2)n1. The Morgan fingerprint density at radius 3 is 2.59 bits per heavy atom. The van der Waals surface area contributed by atoms with Gasteiger partial charge in [-0.2, -0.15) is 0 Å². The Morgan fingerprint density at radius 2 is 1.85 bits per heavy atom. The number of anilines is 2. The zero-order valence-electron chi connectivity index (χ0n) is 14.9. The Kier molecular flexibility index (Phi) is 5.78. The first-order valence-corrected chi connectivity index (χ1v) is 8.72. The summed E-state index contributed by atoms with van der Waals surface area (Å²) in [6, 6.07) is 3.47. The Bertz CT molecular complexity index is 840. The summed E-state index contributed by atoms with van der Waals surface area (Å²) in [5, 5.41) is 5.53. The predicted octanol–water partition coefficient (Wildman–Crippen LogP) is 2.64. The standard InChI is InChI=1S/C18H20F3N5O/c1-11-24-14(10-15(25-11)26-8-2-3-9-26)22-6-7-23-18(27)12-4-5-13(19)17(21)16(12)20/h4-5,10H,2-3,6-9H2,1H3,(H,23,27)(H,22,24,25). The van der Waals surface area contributed by atoms with Gasteiger partial charge in [0.2, 0.25) is 0 Å². The van der Waals surface area contributed by atoms with E-state index in [4.69, 9.17) is 0 Å². The van der Waals surface area contributed by atoms with Gasteiger partial charge in [-0.25, -0.2) is 23.1 Å². The molecule has 144 valence electrons. The Morgan fingerprint density at radius 1 is 1.11 bits per heavy atom. The summed E-state index contributed by atoms with van der Waals surface area (Å²) in [6.45, 7) is 4.21. The van der Waals surface area contributed by atoms with Crippen LogP contribution in [0.2, 0.25) is 0 Å². The highest BCUT2D eigenvalue weighted by Gasteiger charge is 2.18. The molecular weight excluding hydrogens is 359 g/mol. The number of carbonyl (C=O) groups is 1. The van der Waals surface area contributed by atoms with Crippen LogP contribution in [0.1, 0.15) is 29.0 Å². The van der Waals surface area contributed by atoms with Crippen molar-refractivity contribution in [1.82, 2.24) is 15.3 Å². The molecule has 0 bridgehead atoms. The normalized spacial score (nSPS) is 13.7. The lowest BCUT2D eigenvalue weighted by molar-refractivity contribution is 0.0950. The second-order valence-corrected chi connectivity index (χ2v) is 6.26. The number of nitrogens with zero attached hydrogens (tertiary/aromatic N) is 3. The largest absolute Gasteiger partial charge is 0.368 e. The van der Waals surface area contributed by atoms with Crippen molar-refractivity contribution in [2.45, 2.75) is 19.8 Å². The first kappa shape index (κ1) is 18.9. The Hall–Kier alpha value is -2.84. The molecule has 27 heavy (non-hydrogen) atoms. The van der Waals surface area contributed by atoms with E-state index in [0.717, 1.165) is 43.9 Å². The zero-order valence-corrected chi connectivity index (χ0v) is 14.9. The van der Waals surface area contributed by atoms with E-state index >= 15 is 0 Å². The highest BCUT2D eigenvalue weighted by atomic mass is 19.2. The van der Waals surface area contributed by atoms with Gasteiger partial charge in [-0.05, 0) is 31.9 Å². The van der Waals surface area contributed by atoms with E-state index in [1.165, 1.54) is 0 Å². The van der Waals surface area contributed by atoms with Crippen molar-refractivity contribution in [1.29, 1.82) is 0 Å². The number of aromatic nitrogens is 2. The molecule has 0 saturated carbocycles. The van der Waals surface area contributed by atoms with E-state index in [1.807, 2.05) is 6.07 Å². The molecule has 6 nitrogen and oxygen atoms in total. The lowest BCUT2D eigenvalue weighted by Gasteiger charge is -2.17. The predicted molar refractivity (Wildman–Crippen MR) is 95.4 cm³/mol. The van der Waals surface area contributed by atoms with E-state index in [2.05, 4.69) is 25.5 Å². The number of rotatable bonds is 6. The van der Waals surface area contributed by atoms with E-state index in [0.29, 0.717) is 18.2 Å². The molecule has 1 aromatic carbocycles. The molecule has 0 radical (unpaired) electrons. The smallest absolute Gasteiger partial charge is 0.254 e. The third-order valence-corrected chi connectivity index (χ3v) is 4.25. The van der Waals surface area contributed by atoms with E-state index in [1.54, 1.807) is 6.92 Å². The molecule has 3 rings (SSSR count). The van der Waals surface area contributed by atoms with Gasteiger partial charge < -0.3 is 15.5 Å². The molecule has 0 atom stereocenters. The quantitative estimate of drug-likeness (QED) is 0.597. The number of halogens is 3. The van der Waals surface area contributed by atoms with Crippen molar-refractivity contribution in [3.63, 3.8) is 0 Å². The summed E-state index contributed by atoms with van der Waals surface area (Å²) in [4.78, 5) is 22.8. The maximum Gasteiger partial charge on any atom is 0.254 e. The molecule has 0 unspecified atom stereocenters. The van der Waals surface area contributed by atoms with Gasteiger partial charge in [-0.1, -0.05) is 0 Å². The van der Waals surface area contributed by atoms with E-state index in [9.17, 15) is 18.0 Å². The van der Waals surface area contributed by atoms with Crippen molar-refractivity contribution < 1.29 is 18.0 Å². The van der Waals surface area contributed by atoms with Crippen molar-refractivity contribution in [2.75, 3.05) is 36.4 Å². The fourth-order valence-corrected chi connectivity index (χ4v) is 2.91. The highest BCUT2D eigenvalue weighted by molar-refractivity contribution is 5.94. The molecule has 9 heteroatoms. The highest BCUT2D eigenvalue weighted by Crippen LogP contribution is 2.20. The van der Waals surface area contributed by atoms with Gasteiger partial charge in [0.15, 0.2) is 17.5 Å². The van der Waals surface area contributed by atoms with Crippen molar-refractivity contribution in [3.8, 4) is 0 Å². The first-order chi connectivity index (χ1) is 13.0. The molecule has 2 N–H and O–H groups in total. The molecule has 2 heterocycles. The average molecular weight is 379 g/mol. The van der Waals surface area contributed by atoms with Crippen LogP contribution in [0.5, 0.6) is 0 Å². The Balaban J connectivity index is 1.54. The van der Waals surface area contributed by atoms with Gasteiger partial charge in [0, 0.05) is 32.2 Å². The molecule has 1 aromatic heterocycles. The topological polar surface area (TPSA) is 70.2 Å². The first-order valence-electron chi connectivity index (χ1n) is 8.72. The maximum absolute atomic E-state index is 13.6. The number of benzene rings is 1. The molecule has 0 aliphatic carbocycles. The summed E-state index contributed by atoms with van der Waals surface area (Å²) >= 11 is 0. The van der Waals surface area contributed by atoms with Crippen molar-refractivity contribution in [2.24, 2.45) is 0 Å². The van der Waals surface area contributed by atoms with Crippen LogP contribution in [-0.4, -0.2) is 42.1 Å². The van der Waals surface area contributed by atoms with Gasteiger partial charge in [0.1, 0.15) is 17.5 Å². The average Bonchev–Trinajstić information content (AvgIpc) is 3.17. The van der Waals surface area contributed by atoms with Crippen LogP contribution in [0.15, 0.2) is 18.2 Å². The molecule has 1 fully saturated rings. The maximum atomic E-state index is 13.6. The van der Waals surface area contributed by atoms with Gasteiger partial charge in [0.05, 0.1) is 5.56 Å². The molecular formula is C18H20F3N5O. The number of hydrogen-bond donors (Lipinski definition) is 2. The van der Waals surface area contributed by atoms with Crippen LogP contribution in [0.25, 0.3) is 0 Å². The van der Waals surface area contributed by atoms with Crippen molar-refractivity contribution >= 4 is 17.5 Å². The molecule has 2 aromatic rings. The van der Waals surface area contributed by atoms with Gasteiger partial charge in [0.25, 0.3) is 5.91 Å². The summed E-state index contributed by atoms with van der Waals surface area (Å²) in [6.07, 6.45) is 2.27. The molecule has 1 saturated heterocycles. The number of aryl methyl sites for hydroxylation is 1. The fourth-order valence-electron chi connectivity index (χ4n) is 2.91. The number of carbonyl (C=O) groups excluding carboxylic acids is 1. The molecule has 0 spiro atoms. The van der Waals surface area contributed by atoms with Crippen LogP contribution in [0.4, 0.5) is 24.8 Å². The molecule has 1 aliphatic heterocycles. The minimum atomic E-state index is -1.66. The lowest BCUT2D eigenvalue weighted by atomic mass is 10.2. The molecule has 1 amide bonds. The van der Waals surface area contributed by atoms with E-state index in [-0.39, 0.29) is 6.54 Å². The summed E-state index contributed by atoms with van der Waals surface area (Å²) in [7, 11) is 0. The summed E-state index contributed by atoms with van der Waals surface area (Å²) < 4.78 is 39.7. The fraction of sp³-hybridized carbons (Fsp3) is 0.389. The second-order valence-electron chi connectivity index (χ2n) is 6.26. The van der Waals surface area contributed by atoms with Crippen LogP contribution in [0, 0.1) is 24.4 Å². The van der Waals surface area contributed by atoms with Crippen LogP contribution in [-0.2, 0) is 0 Å². The second kappa shape index (κ2) is 8.24. The number of nitrogens with one attached hydrogen (secondary N) is 2. The third-order valence-electron chi connectivity index (χ3n) is 4.25. The lowest BCUT2D eigenvalue weighted by Crippen LogP contribution is -2.30. The summed E-state index contributed by atoms with van der Waals surface area (Å²) in [5.41, 5.74) is -0.539. The van der Waals surface area contributed by atoms with Crippen molar-refractivity contribution in [3.05, 3.63) is 47.0 Å². The monoisotopic (exact) mass is 379 g/mol. The third kappa shape index (κ3) is 4.47. The van der Waals surface area contributed by atoms with Gasteiger partial charge in [-0.3, -0.25) is 4.79 Å². The number of amides is 1. The minimum absolute atomic E-state index is 0.152. The van der Waals surface area contributed by atoms with Crippen LogP contribution in [0.3, 0.4) is 0 Å². The van der Waals surface area contributed by atoms with Gasteiger partial charge >= 0.3 is 0 Å². The molecule has 1 aliphatic rings. The Labute approximate surface area is 154 Å². The van der Waals surface area contributed by atoms with Crippen LogP contribution >= 0.6 is 0 Å². The zero-order chi connectivity index (χ0) is 19.4. The summed E-state index contributed by atoms with van der Waals surface area (Å²) in [5.74, 6) is -3.19. The van der Waals surface area contributed by atoms with Crippen LogP contribution < -0.4 is 15.5 Å². The minimum Gasteiger partial charge on any atom is -0.368 e. The van der Waals surface area contributed by atoms with Gasteiger partial charge in [-0.15, -0.1) is 0 Å². The van der Waals surface area contributed by atoms with E-state index < -0.39 is 28.9 Å². The number of hydrogen-bond acceptors (Lipinski definition) is 5.